The van der Waals surface area contributed by atoms with Gasteiger partial charge in [0.25, 0.3) is 0 Å². The summed E-state index contributed by atoms with van der Waals surface area (Å²) in [4.78, 5) is 9.65. The number of aromatic hydroxyl groups is 1. The van der Waals surface area contributed by atoms with Crippen LogP contribution in [0.2, 0.25) is 0 Å². The molecule has 7 heteroatoms. The Balaban J connectivity index is 1.36. The van der Waals surface area contributed by atoms with E-state index in [1.807, 2.05) is 72.1 Å². The van der Waals surface area contributed by atoms with Crippen LogP contribution in [0, 0.1) is 5.82 Å². The second-order valence-electron chi connectivity index (χ2n) is 10.4. The summed E-state index contributed by atoms with van der Waals surface area (Å²) in [6.07, 6.45) is 5.27. The maximum Gasteiger partial charge on any atom is 0.230 e. The molecular weight excluding hydrogens is 559 g/mol. The standard InChI is InChI=1S/C36H31FN2O3S/c1-2-3-4-6-9-25-20-26-21-31(35(42-34(26)22-33(25)40)38-28-16-14-27(37)15-17-28)36-39-32(23-43-36)24-12-18-30(19-13-24)41-29-10-7-5-8-11-29/h5,7-8,10-23,40H,2-4,6,9H2,1H3. The zero-order chi connectivity index (χ0) is 29.6. The normalized spacial score (nSPS) is 11.7. The zero-order valence-electron chi connectivity index (χ0n) is 23.8. The van der Waals surface area contributed by atoms with Crippen LogP contribution in [0.3, 0.4) is 0 Å². The quantitative estimate of drug-likeness (QED) is 0.161. The number of phenols is 1. The molecule has 5 nitrogen and oxygen atoms in total. The molecule has 0 spiro atoms. The lowest BCUT2D eigenvalue weighted by atomic mass is 10.0. The lowest BCUT2D eigenvalue weighted by Crippen LogP contribution is -2.05. The van der Waals surface area contributed by atoms with Gasteiger partial charge in [-0.1, -0.05) is 44.4 Å². The Labute approximate surface area is 253 Å². The Morgan fingerprint density at radius 1 is 0.884 bits per heavy atom. The molecule has 0 atom stereocenters. The molecule has 2 heterocycles. The van der Waals surface area contributed by atoms with Crippen LogP contribution >= 0.6 is 11.3 Å². The van der Waals surface area contributed by atoms with Gasteiger partial charge >= 0.3 is 0 Å². The summed E-state index contributed by atoms with van der Waals surface area (Å²) >= 11 is 1.49. The number of unbranched alkanes of at least 4 members (excludes halogenated alkanes) is 3. The van der Waals surface area contributed by atoms with Crippen molar-refractivity contribution in [2.24, 2.45) is 4.99 Å². The molecule has 43 heavy (non-hydrogen) atoms. The lowest BCUT2D eigenvalue weighted by molar-refractivity contribution is 0.464. The van der Waals surface area contributed by atoms with Gasteiger partial charge in [-0.15, -0.1) is 11.3 Å². The first-order chi connectivity index (χ1) is 21.1. The van der Waals surface area contributed by atoms with Gasteiger partial charge in [-0.3, -0.25) is 0 Å². The van der Waals surface area contributed by atoms with Gasteiger partial charge in [-0.05, 0) is 91.2 Å². The van der Waals surface area contributed by atoms with Crippen molar-refractivity contribution >= 4 is 28.0 Å². The zero-order valence-corrected chi connectivity index (χ0v) is 24.6. The maximum atomic E-state index is 13.6. The van der Waals surface area contributed by atoms with Crippen LogP contribution < -0.4 is 10.3 Å². The van der Waals surface area contributed by atoms with Gasteiger partial charge in [0, 0.05) is 22.4 Å². The van der Waals surface area contributed by atoms with Crippen LogP contribution in [0.4, 0.5) is 10.1 Å². The highest BCUT2D eigenvalue weighted by Crippen LogP contribution is 2.33. The van der Waals surface area contributed by atoms with E-state index >= 15 is 0 Å². The molecule has 0 saturated heterocycles. The van der Waals surface area contributed by atoms with Crippen LogP contribution in [-0.4, -0.2) is 10.1 Å². The molecule has 4 aromatic carbocycles. The summed E-state index contributed by atoms with van der Waals surface area (Å²) < 4.78 is 25.8. The number of para-hydroxylation sites is 1. The molecule has 0 amide bonds. The molecule has 0 aliphatic rings. The van der Waals surface area contributed by atoms with Crippen molar-refractivity contribution in [3.05, 3.63) is 119 Å². The van der Waals surface area contributed by atoms with E-state index < -0.39 is 0 Å². The van der Waals surface area contributed by atoms with Crippen LogP contribution in [0.25, 0.3) is 32.8 Å². The third kappa shape index (κ3) is 6.84. The predicted octanol–water partition coefficient (Wildman–Crippen LogP) is 10.2. The number of rotatable bonds is 10. The number of hydrogen-bond donors (Lipinski definition) is 1. The molecule has 216 valence electrons. The number of aryl methyl sites for hydroxylation is 1. The molecule has 6 rings (SSSR count). The molecule has 0 bridgehead atoms. The number of ether oxygens (including phenoxy) is 1. The second-order valence-corrected chi connectivity index (χ2v) is 11.2. The highest BCUT2D eigenvalue weighted by molar-refractivity contribution is 7.13. The molecule has 1 N–H and O–H groups in total. The molecule has 6 aromatic rings. The molecular formula is C36H31FN2O3S. The van der Waals surface area contributed by atoms with Gasteiger partial charge in [0.15, 0.2) is 0 Å². The summed E-state index contributed by atoms with van der Waals surface area (Å²) in [5.74, 6) is 1.40. The Hall–Kier alpha value is -4.75. The molecule has 0 fully saturated rings. The van der Waals surface area contributed by atoms with Gasteiger partial charge in [0.05, 0.1) is 16.9 Å². The van der Waals surface area contributed by atoms with Gasteiger partial charge in [0.2, 0.25) is 5.55 Å². The number of hydrogen-bond acceptors (Lipinski definition) is 6. The Morgan fingerprint density at radius 2 is 1.65 bits per heavy atom. The fourth-order valence-corrected chi connectivity index (χ4v) is 5.71. The Morgan fingerprint density at radius 3 is 2.42 bits per heavy atom. The first-order valence-electron chi connectivity index (χ1n) is 14.4. The van der Waals surface area contributed by atoms with E-state index in [9.17, 15) is 9.50 Å². The highest BCUT2D eigenvalue weighted by Gasteiger charge is 2.15. The fraction of sp³-hybridized carbons (Fsp3) is 0.167. The van der Waals surface area contributed by atoms with Gasteiger partial charge in [-0.25, -0.2) is 14.4 Å². The summed E-state index contributed by atoms with van der Waals surface area (Å²) in [6, 6.07) is 29.1. The minimum atomic E-state index is -0.337. The van der Waals surface area contributed by atoms with Crippen LogP contribution in [0.15, 0.2) is 112 Å². The topological polar surface area (TPSA) is 67.9 Å². The summed E-state index contributed by atoms with van der Waals surface area (Å²) in [5.41, 5.74) is 4.80. The number of benzene rings is 4. The van der Waals surface area contributed by atoms with Crippen molar-refractivity contribution in [3.8, 4) is 39.1 Å². The summed E-state index contributed by atoms with van der Waals surface area (Å²) in [5, 5.41) is 14.3. The van der Waals surface area contributed by atoms with E-state index in [-0.39, 0.29) is 11.6 Å². The minimum Gasteiger partial charge on any atom is -0.508 e. The van der Waals surface area contributed by atoms with E-state index in [2.05, 4.69) is 6.92 Å². The highest BCUT2D eigenvalue weighted by atomic mass is 32.1. The van der Waals surface area contributed by atoms with Gasteiger partial charge in [-0.2, -0.15) is 0 Å². The molecule has 0 aliphatic heterocycles. The van der Waals surface area contributed by atoms with E-state index in [0.29, 0.717) is 16.8 Å². The average molecular weight is 591 g/mol. The lowest BCUT2D eigenvalue weighted by Gasteiger charge is -2.08. The van der Waals surface area contributed by atoms with E-state index in [1.165, 1.54) is 29.9 Å². The van der Waals surface area contributed by atoms with Crippen molar-refractivity contribution in [2.45, 2.75) is 39.0 Å². The van der Waals surface area contributed by atoms with Gasteiger partial charge in [0.1, 0.15) is 33.7 Å². The number of thiazole rings is 1. The number of phenolic OH excluding ortho intramolecular Hbond substituents is 1. The third-order valence-electron chi connectivity index (χ3n) is 7.17. The SMILES string of the molecule is CCCCCCc1cc2cc(-c3nc(-c4ccc(Oc5ccccc5)cc4)cs3)c(=Nc3ccc(F)cc3)oc2cc1O. The predicted molar refractivity (Wildman–Crippen MR) is 170 cm³/mol. The first-order valence-corrected chi connectivity index (χ1v) is 15.3. The second kappa shape index (κ2) is 13.0. The number of halogens is 1. The smallest absolute Gasteiger partial charge is 0.230 e. The maximum absolute atomic E-state index is 13.6. The van der Waals surface area contributed by atoms with Crippen LogP contribution in [-0.2, 0) is 6.42 Å². The summed E-state index contributed by atoms with van der Waals surface area (Å²) in [7, 11) is 0. The average Bonchev–Trinajstić information content (AvgIpc) is 3.52. The molecule has 0 radical (unpaired) electrons. The largest absolute Gasteiger partial charge is 0.508 e. The molecule has 2 aromatic heterocycles. The number of aromatic nitrogens is 1. The minimum absolute atomic E-state index is 0.212. The third-order valence-corrected chi connectivity index (χ3v) is 8.04. The van der Waals surface area contributed by atoms with Crippen LogP contribution in [0.5, 0.6) is 17.2 Å². The van der Waals surface area contributed by atoms with E-state index in [0.717, 1.165) is 70.0 Å². The monoisotopic (exact) mass is 590 g/mol. The van der Waals surface area contributed by atoms with Crippen molar-refractivity contribution in [2.75, 3.05) is 0 Å². The van der Waals surface area contributed by atoms with Crippen LogP contribution in [0.1, 0.15) is 38.2 Å². The molecule has 0 aliphatic carbocycles. The Bertz CT molecular complexity index is 1900. The van der Waals surface area contributed by atoms with E-state index in [1.54, 1.807) is 18.2 Å². The van der Waals surface area contributed by atoms with Crippen molar-refractivity contribution < 1.29 is 18.7 Å². The van der Waals surface area contributed by atoms with Crippen molar-refractivity contribution in [3.63, 3.8) is 0 Å². The Kier molecular flexibility index (Phi) is 8.61. The number of nitrogens with zero attached hydrogens (tertiary/aromatic N) is 2. The molecule has 0 saturated carbocycles. The molecule has 0 unspecified atom stereocenters. The van der Waals surface area contributed by atoms with Gasteiger partial charge < -0.3 is 14.3 Å². The van der Waals surface area contributed by atoms with Crippen molar-refractivity contribution in [1.82, 2.24) is 4.98 Å². The van der Waals surface area contributed by atoms with Crippen molar-refractivity contribution in [1.29, 1.82) is 0 Å². The summed E-state index contributed by atoms with van der Waals surface area (Å²) in [6.45, 7) is 2.19. The first kappa shape index (κ1) is 28.4. The fourth-order valence-electron chi connectivity index (χ4n) is 4.87. The van der Waals surface area contributed by atoms with E-state index in [4.69, 9.17) is 19.1 Å². The number of fused-ring (bicyclic) bond motifs is 1.